The number of fused-ring (bicyclic) bond motifs is 1. The van der Waals surface area contributed by atoms with E-state index < -0.39 is 0 Å². The van der Waals surface area contributed by atoms with Crippen LogP contribution >= 0.6 is 11.8 Å². The molecule has 5 nitrogen and oxygen atoms in total. The highest BCUT2D eigenvalue weighted by atomic mass is 32.2. The molecule has 136 valence electrons. The van der Waals surface area contributed by atoms with Gasteiger partial charge in [-0.3, -0.25) is 9.59 Å². The summed E-state index contributed by atoms with van der Waals surface area (Å²) >= 11 is 1.62. The lowest BCUT2D eigenvalue weighted by molar-refractivity contribution is -0.115. The van der Waals surface area contributed by atoms with Gasteiger partial charge in [0.1, 0.15) is 0 Å². The van der Waals surface area contributed by atoms with Crippen LogP contribution in [0.4, 0.5) is 5.69 Å². The molecule has 0 bridgehead atoms. The second kappa shape index (κ2) is 8.87. The van der Waals surface area contributed by atoms with E-state index in [1.807, 2.05) is 37.3 Å². The van der Waals surface area contributed by atoms with Crippen molar-refractivity contribution in [2.45, 2.75) is 31.4 Å². The lowest BCUT2D eigenvalue weighted by Crippen LogP contribution is -2.23. The summed E-state index contributed by atoms with van der Waals surface area (Å²) in [6, 6.07) is 13.3. The van der Waals surface area contributed by atoms with Gasteiger partial charge in [-0.2, -0.15) is 0 Å². The molecule has 0 spiro atoms. The predicted octanol–water partition coefficient (Wildman–Crippen LogP) is 3.59. The molecule has 0 fully saturated rings. The quantitative estimate of drug-likeness (QED) is 0.815. The van der Waals surface area contributed by atoms with Gasteiger partial charge in [0.2, 0.25) is 5.91 Å². The molecule has 2 aromatic carbocycles. The molecule has 0 aromatic heterocycles. The molecule has 2 N–H and O–H groups in total. The van der Waals surface area contributed by atoms with E-state index >= 15 is 0 Å². The van der Waals surface area contributed by atoms with E-state index in [2.05, 4.69) is 10.6 Å². The normalized spacial score (nSPS) is 13.5. The Balaban J connectivity index is 1.68. The summed E-state index contributed by atoms with van der Waals surface area (Å²) in [7, 11) is 0. The Bertz CT molecular complexity index is 807. The van der Waals surface area contributed by atoms with Gasteiger partial charge in [0, 0.05) is 35.8 Å². The minimum Gasteiger partial charge on any atom is -0.377 e. The third kappa shape index (κ3) is 4.65. The molecule has 0 atom stereocenters. The molecular weight excluding hydrogens is 348 g/mol. The Hall–Kier alpha value is -2.31. The van der Waals surface area contributed by atoms with Gasteiger partial charge in [0.15, 0.2) is 0 Å². The first kappa shape index (κ1) is 18.5. The van der Waals surface area contributed by atoms with E-state index in [1.165, 1.54) is 0 Å². The number of nitrogens with one attached hydrogen (secondary N) is 2. The van der Waals surface area contributed by atoms with Crippen molar-refractivity contribution < 1.29 is 14.3 Å². The van der Waals surface area contributed by atoms with Crippen molar-refractivity contribution in [2.75, 3.05) is 17.7 Å². The van der Waals surface area contributed by atoms with Crippen LogP contribution in [-0.2, 0) is 22.7 Å². The Morgan fingerprint density at radius 2 is 2.04 bits per heavy atom. The van der Waals surface area contributed by atoms with Crippen LogP contribution in [0.3, 0.4) is 0 Å². The minimum absolute atomic E-state index is 0.0151. The molecule has 1 aliphatic heterocycles. The van der Waals surface area contributed by atoms with Gasteiger partial charge in [-0.15, -0.1) is 11.8 Å². The molecule has 0 saturated carbocycles. The van der Waals surface area contributed by atoms with Crippen LogP contribution in [0, 0.1) is 0 Å². The Labute approximate surface area is 157 Å². The lowest BCUT2D eigenvalue weighted by Gasteiger charge is -2.12. The summed E-state index contributed by atoms with van der Waals surface area (Å²) < 4.78 is 5.48. The highest BCUT2D eigenvalue weighted by Crippen LogP contribution is 2.31. The monoisotopic (exact) mass is 370 g/mol. The summed E-state index contributed by atoms with van der Waals surface area (Å²) in [4.78, 5) is 25.3. The second-order valence-corrected chi connectivity index (χ2v) is 7.08. The molecule has 1 heterocycles. The van der Waals surface area contributed by atoms with Gasteiger partial charge < -0.3 is 15.4 Å². The number of carbonyl (C=O) groups excluding carboxylic acids is 2. The summed E-state index contributed by atoms with van der Waals surface area (Å²) in [6.45, 7) is 3.57. The number of hydrogen-bond donors (Lipinski definition) is 2. The standard InChI is InChI=1S/C20H22N2O3S/c1-2-25-13-16-6-4-3-5-15(16)12-21-20(24)14-7-8-18-17(11-14)22-19(23)9-10-26-18/h3-8,11H,2,9-10,12-13H2,1H3,(H,21,24)(H,22,23). The van der Waals surface area contributed by atoms with Gasteiger partial charge in [-0.1, -0.05) is 24.3 Å². The highest BCUT2D eigenvalue weighted by molar-refractivity contribution is 7.99. The van der Waals surface area contributed by atoms with Crippen molar-refractivity contribution in [3.63, 3.8) is 0 Å². The van der Waals surface area contributed by atoms with Gasteiger partial charge in [-0.05, 0) is 36.2 Å². The SMILES string of the molecule is CCOCc1ccccc1CNC(=O)c1ccc2c(c1)NC(=O)CCS2. The number of amides is 2. The highest BCUT2D eigenvalue weighted by Gasteiger charge is 2.16. The number of benzene rings is 2. The zero-order valence-electron chi connectivity index (χ0n) is 14.7. The first-order valence-corrected chi connectivity index (χ1v) is 9.65. The fourth-order valence-corrected chi connectivity index (χ4v) is 3.66. The average Bonchev–Trinajstić information content (AvgIpc) is 2.84. The van der Waals surface area contributed by atoms with Gasteiger partial charge >= 0.3 is 0 Å². The van der Waals surface area contributed by atoms with Gasteiger partial charge in [-0.25, -0.2) is 0 Å². The molecule has 2 aromatic rings. The largest absolute Gasteiger partial charge is 0.377 e. The third-order valence-corrected chi connectivity index (χ3v) is 5.20. The van der Waals surface area contributed by atoms with Crippen LogP contribution in [0.15, 0.2) is 47.4 Å². The summed E-state index contributed by atoms with van der Waals surface area (Å²) in [5.74, 6) is 0.572. The third-order valence-electron chi connectivity index (χ3n) is 4.12. The van der Waals surface area contributed by atoms with E-state index in [9.17, 15) is 9.59 Å². The first-order valence-electron chi connectivity index (χ1n) is 8.67. The van der Waals surface area contributed by atoms with Crippen molar-refractivity contribution >= 4 is 29.3 Å². The molecule has 1 aliphatic rings. The van der Waals surface area contributed by atoms with Crippen LogP contribution in [-0.4, -0.2) is 24.2 Å². The molecular formula is C20H22N2O3S. The van der Waals surface area contributed by atoms with E-state index in [0.717, 1.165) is 21.8 Å². The van der Waals surface area contributed by atoms with E-state index in [-0.39, 0.29) is 11.8 Å². The maximum atomic E-state index is 12.5. The molecule has 26 heavy (non-hydrogen) atoms. The first-order chi connectivity index (χ1) is 12.7. The predicted molar refractivity (Wildman–Crippen MR) is 103 cm³/mol. The maximum Gasteiger partial charge on any atom is 0.251 e. The van der Waals surface area contributed by atoms with Crippen LogP contribution in [0.1, 0.15) is 34.8 Å². The number of anilines is 1. The van der Waals surface area contributed by atoms with Gasteiger partial charge in [0.05, 0.1) is 12.3 Å². The summed E-state index contributed by atoms with van der Waals surface area (Å²) in [6.07, 6.45) is 0.484. The summed E-state index contributed by atoms with van der Waals surface area (Å²) in [5.41, 5.74) is 3.35. The number of thioether (sulfide) groups is 1. The molecule has 3 rings (SSSR count). The number of hydrogen-bond acceptors (Lipinski definition) is 4. The van der Waals surface area contributed by atoms with Crippen LogP contribution in [0.25, 0.3) is 0 Å². The van der Waals surface area contributed by atoms with E-state index in [1.54, 1.807) is 23.9 Å². The Kier molecular flexibility index (Phi) is 6.30. The molecule has 0 saturated heterocycles. The fraction of sp³-hybridized carbons (Fsp3) is 0.300. The Morgan fingerprint density at radius 3 is 2.85 bits per heavy atom. The maximum absolute atomic E-state index is 12.5. The molecule has 2 amide bonds. The zero-order chi connectivity index (χ0) is 18.4. The lowest BCUT2D eigenvalue weighted by atomic mass is 10.1. The Morgan fingerprint density at radius 1 is 1.23 bits per heavy atom. The summed E-state index contributed by atoms with van der Waals surface area (Å²) in [5, 5.41) is 5.82. The van der Waals surface area contributed by atoms with Crippen molar-refractivity contribution in [3.8, 4) is 0 Å². The van der Waals surface area contributed by atoms with E-state index in [0.29, 0.717) is 37.4 Å². The number of rotatable bonds is 6. The van der Waals surface area contributed by atoms with Crippen molar-refractivity contribution in [3.05, 3.63) is 59.2 Å². The topological polar surface area (TPSA) is 67.4 Å². The zero-order valence-corrected chi connectivity index (χ0v) is 15.5. The smallest absolute Gasteiger partial charge is 0.251 e. The van der Waals surface area contributed by atoms with Crippen LogP contribution in [0.2, 0.25) is 0 Å². The number of ether oxygens (including phenoxy) is 1. The number of carbonyl (C=O) groups is 2. The molecule has 6 heteroatoms. The average molecular weight is 370 g/mol. The molecule has 0 radical (unpaired) electrons. The minimum atomic E-state index is -0.164. The van der Waals surface area contributed by atoms with Gasteiger partial charge in [0.25, 0.3) is 5.91 Å². The van der Waals surface area contributed by atoms with Crippen molar-refractivity contribution in [1.29, 1.82) is 0 Å². The van der Waals surface area contributed by atoms with E-state index in [4.69, 9.17) is 4.74 Å². The van der Waals surface area contributed by atoms with Crippen LogP contribution in [0.5, 0.6) is 0 Å². The van der Waals surface area contributed by atoms with Crippen molar-refractivity contribution in [2.24, 2.45) is 0 Å². The second-order valence-electron chi connectivity index (χ2n) is 5.95. The van der Waals surface area contributed by atoms with Crippen LogP contribution < -0.4 is 10.6 Å². The van der Waals surface area contributed by atoms with Crippen molar-refractivity contribution in [1.82, 2.24) is 5.32 Å². The fourth-order valence-electron chi connectivity index (χ4n) is 2.72. The molecule has 0 unspecified atom stereocenters. The molecule has 0 aliphatic carbocycles.